The number of fused-ring (bicyclic) bond motifs is 1. The Morgan fingerprint density at radius 2 is 1.92 bits per heavy atom. The lowest BCUT2D eigenvalue weighted by atomic mass is 10.1. The first-order chi connectivity index (χ1) is 5.75. The molecule has 1 aromatic carbocycles. The van der Waals surface area contributed by atoms with Crippen molar-refractivity contribution in [1.82, 2.24) is 4.98 Å². The van der Waals surface area contributed by atoms with E-state index in [9.17, 15) is 0 Å². The number of aromatic hydroxyl groups is 1. The van der Waals surface area contributed by atoms with Crippen LogP contribution in [0.3, 0.4) is 0 Å². The molecule has 2 rings (SSSR count). The van der Waals surface area contributed by atoms with E-state index in [1.54, 1.807) is 6.07 Å². The van der Waals surface area contributed by atoms with Crippen molar-refractivity contribution < 1.29 is 5.11 Å². The molecule has 0 spiro atoms. The van der Waals surface area contributed by atoms with Crippen LogP contribution in [-0.2, 0) is 0 Å². The van der Waals surface area contributed by atoms with Crippen molar-refractivity contribution in [3.05, 3.63) is 42.8 Å². The topological polar surface area (TPSA) is 33.1 Å². The number of hydrogen-bond donors (Lipinski definition) is 1. The molecule has 0 bridgehead atoms. The van der Waals surface area contributed by atoms with Crippen molar-refractivity contribution >= 4 is 10.9 Å². The van der Waals surface area contributed by atoms with E-state index in [-0.39, 0.29) is 5.88 Å². The molecule has 2 nitrogen and oxygen atoms in total. The number of hydrogen-bond acceptors (Lipinski definition) is 2. The van der Waals surface area contributed by atoms with Crippen LogP contribution in [0.4, 0.5) is 0 Å². The normalized spacial score (nSPS) is 10.4. The second kappa shape index (κ2) is 2.48. The van der Waals surface area contributed by atoms with Crippen LogP contribution >= 0.6 is 0 Å². The largest absolute Gasteiger partial charge is 0.493 e. The van der Waals surface area contributed by atoms with Gasteiger partial charge in [-0.3, -0.25) is 0 Å². The summed E-state index contributed by atoms with van der Waals surface area (Å²) in [5, 5.41) is 10.1. The smallest absolute Gasteiger partial charge is 0.211 e. The quantitative estimate of drug-likeness (QED) is 0.637. The minimum atomic E-state index is 0.0492. The Bertz CT molecular complexity index is 386. The summed E-state index contributed by atoms with van der Waals surface area (Å²) in [6.07, 6.45) is 0. The van der Waals surface area contributed by atoms with Gasteiger partial charge in [0, 0.05) is 11.5 Å². The van der Waals surface area contributed by atoms with Gasteiger partial charge in [-0.25, -0.2) is 4.98 Å². The van der Waals surface area contributed by atoms with Gasteiger partial charge < -0.3 is 5.11 Å². The molecule has 0 atom stereocenters. The maximum atomic E-state index is 9.09. The van der Waals surface area contributed by atoms with Crippen LogP contribution in [-0.4, -0.2) is 10.1 Å². The highest BCUT2D eigenvalue weighted by molar-refractivity contribution is 5.79. The molecule has 1 N–H and O–H groups in total. The Labute approximate surface area is 70.5 Å². The molecule has 2 aromatic rings. The molecule has 1 radical (unpaired) electrons. The van der Waals surface area contributed by atoms with E-state index in [1.807, 2.05) is 24.3 Å². The molecule has 1 aromatic heterocycles. The third-order valence-corrected chi connectivity index (χ3v) is 1.74. The summed E-state index contributed by atoms with van der Waals surface area (Å²) in [4.78, 5) is 3.95. The van der Waals surface area contributed by atoms with Crippen molar-refractivity contribution in [2.75, 3.05) is 0 Å². The van der Waals surface area contributed by atoms with E-state index in [0.29, 0.717) is 0 Å². The molecule has 0 aliphatic heterocycles. The maximum absolute atomic E-state index is 9.09. The zero-order valence-corrected chi connectivity index (χ0v) is 6.49. The first-order valence-electron chi connectivity index (χ1n) is 3.67. The standard InChI is InChI=1S/C10H8NO/c1-7-2-3-8-4-5-10(12)11-9(8)6-7/h2-6H,1H2,(H,11,12). The van der Waals surface area contributed by atoms with E-state index in [2.05, 4.69) is 11.9 Å². The molecule has 0 amide bonds. The summed E-state index contributed by atoms with van der Waals surface area (Å²) in [7, 11) is 0. The number of rotatable bonds is 0. The summed E-state index contributed by atoms with van der Waals surface area (Å²) in [5.41, 5.74) is 1.68. The van der Waals surface area contributed by atoms with Gasteiger partial charge in [0.2, 0.25) is 5.88 Å². The van der Waals surface area contributed by atoms with Crippen LogP contribution < -0.4 is 0 Å². The van der Waals surface area contributed by atoms with Crippen molar-refractivity contribution in [1.29, 1.82) is 0 Å². The number of nitrogens with zero attached hydrogens (tertiary/aromatic N) is 1. The Hall–Kier alpha value is -1.57. The van der Waals surface area contributed by atoms with Crippen LogP contribution in [0.25, 0.3) is 10.9 Å². The molecule has 1 heterocycles. The van der Waals surface area contributed by atoms with Gasteiger partial charge in [-0.2, -0.15) is 0 Å². The zero-order chi connectivity index (χ0) is 8.55. The Morgan fingerprint density at radius 3 is 2.75 bits per heavy atom. The van der Waals surface area contributed by atoms with Gasteiger partial charge in [0.1, 0.15) is 0 Å². The molecular weight excluding hydrogens is 150 g/mol. The highest BCUT2D eigenvalue weighted by Gasteiger charge is 1.95. The number of benzene rings is 1. The average Bonchev–Trinajstić information content (AvgIpc) is 2.03. The van der Waals surface area contributed by atoms with Crippen molar-refractivity contribution in [2.24, 2.45) is 0 Å². The Morgan fingerprint density at radius 1 is 1.17 bits per heavy atom. The predicted octanol–water partition coefficient (Wildman–Crippen LogP) is 2.12. The van der Waals surface area contributed by atoms with Gasteiger partial charge in [-0.15, -0.1) is 0 Å². The summed E-state index contributed by atoms with van der Waals surface area (Å²) < 4.78 is 0. The van der Waals surface area contributed by atoms with E-state index in [0.717, 1.165) is 16.5 Å². The average molecular weight is 158 g/mol. The number of pyridine rings is 1. The van der Waals surface area contributed by atoms with Crippen LogP contribution in [0, 0.1) is 6.92 Å². The third kappa shape index (κ3) is 1.11. The van der Waals surface area contributed by atoms with Crippen molar-refractivity contribution in [2.45, 2.75) is 0 Å². The van der Waals surface area contributed by atoms with Gasteiger partial charge in [0.15, 0.2) is 0 Å². The van der Waals surface area contributed by atoms with Crippen LogP contribution in [0.5, 0.6) is 5.88 Å². The summed E-state index contributed by atoms with van der Waals surface area (Å²) in [5.74, 6) is 0.0492. The fourth-order valence-corrected chi connectivity index (χ4v) is 1.15. The van der Waals surface area contributed by atoms with Crippen LogP contribution in [0.2, 0.25) is 0 Å². The predicted molar refractivity (Wildman–Crippen MR) is 47.9 cm³/mol. The molecule has 0 fully saturated rings. The maximum Gasteiger partial charge on any atom is 0.211 e. The second-order valence-corrected chi connectivity index (χ2v) is 2.70. The fourth-order valence-electron chi connectivity index (χ4n) is 1.15. The zero-order valence-electron chi connectivity index (χ0n) is 6.49. The van der Waals surface area contributed by atoms with Crippen LogP contribution in [0.15, 0.2) is 30.3 Å². The highest BCUT2D eigenvalue weighted by atomic mass is 16.3. The Balaban J connectivity index is 2.80. The van der Waals surface area contributed by atoms with Crippen LogP contribution in [0.1, 0.15) is 5.56 Å². The third-order valence-electron chi connectivity index (χ3n) is 1.74. The molecule has 0 saturated carbocycles. The van der Waals surface area contributed by atoms with Crippen molar-refractivity contribution in [3.8, 4) is 5.88 Å². The van der Waals surface area contributed by atoms with Gasteiger partial charge in [-0.05, 0) is 24.6 Å². The van der Waals surface area contributed by atoms with E-state index in [4.69, 9.17) is 5.11 Å². The minimum absolute atomic E-state index is 0.0492. The van der Waals surface area contributed by atoms with Gasteiger partial charge in [0.25, 0.3) is 0 Å². The van der Waals surface area contributed by atoms with E-state index in [1.165, 1.54) is 0 Å². The van der Waals surface area contributed by atoms with Gasteiger partial charge >= 0.3 is 0 Å². The SMILES string of the molecule is [CH2]c1ccc2ccc(O)nc2c1. The fraction of sp³-hybridized carbons (Fsp3) is 0. The van der Waals surface area contributed by atoms with E-state index >= 15 is 0 Å². The first-order valence-corrected chi connectivity index (χ1v) is 3.67. The summed E-state index contributed by atoms with van der Waals surface area (Å²) in [6.45, 7) is 3.78. The monoisotopic (exact) mass is 158 g/mol. The number of aromatic nitrogens is 1. The molecule has 0 unspecified atom stereocenters. The molecule has 12 heavy (non-hydrogen) atoms. The lowest BCUT2D eigenvalue weighted by Crippen LogP contribution is -1.79. The molecule has 0 saturated heterocycles. The van der Waals surface area contributed by atoms with Crippen molar-refractivity contribution in [3.63, 3.8) is 0 Å². The van der Waals surface area contributed by atoms with Gasteiger partial charge in [-0.1, -0.05) is 12.1 Å². The highest BCUT2D eigenvalue weighted by Crippen LogP contribution is 2.16. The minimum Gasteiger partial charge on any atom is -0.493 e. The molecule has 59 valence electrons. The summed E-state index contributed by atoms with van der Waals surface area (Å²) in [6, 6.07) is 9.10. The molecule has 2 heteroatoms. The lowest BCUT2D eigenvalue weighted by Gasteiger charge is -1.98. The molecule has 0 aliphatic carbocycles. The van der Waals surface area contributed by atoms with Gasteiger partial charge in [0.05, 0.1) is 5.52 Å². The first kappa shape index (κ1) is 7.10. The second-order valence-electron chi connectivity index (χ2n) is 2.70. The molecule has 0 aliphatic rings. The van der Waals surface area contributed by atoms with E-state index < -0.39 is 0 Å². The lowest BCUT2D eigenvalue weighted by molar-refractivity contribution is 0.456. The Kier molecular flexibility index (Phi) is 1.47. The molecular formula is C10H8NO. The summed E-state index contributed by atoms with van der Waals surface area (Å²) >= 11 is 0.